The van der Waals surface area contributed by atoms with Gasteiger partial charge in [0.2, 0.25) is 5.91 Å². The summed E-state index contributed by atoms with van der Waals surface area (Å²) >= 11 is 0. The van der Waals surface area contributed by atoms with Crippen molar-refractivity contribution in [3.05, 3.63) is 82.6 Å². The summed E-state index contributed by atoms with van der Waals surface area (Å²) < 4.78 is 24.2. The fraction of sp³-hybridized carbons (Fsp3) is 0.370. The number of hydrogen-bond acceptors (Lipinski definition) is 6. The monoisotopic (exact) mass is 476 g/mol. The Balaban J connectivity index is 1.41. The number of carbonyl (C=O) groups excluding carboxylic acids is 1. The molecule has 0 atom stereocenters. The zero-order chi connectivity index (χ0) is 24.2. The van der Waals surface area contributed by atoms with Crippen LogP contribution in [0, 0.1) is 5.82 Å². The highest BCUT2D eigenvalue weighted by molar-refractivity contribution is 5.79. The summed E-state index contributed by atoms with van der Waals surface area (Å²) in [6, 6.07) is 14.1. The molecule has 1 fully saturated rings. The highest BCUT2D eigenvalue weighted by Crippen LogP contribution is 2.29. The van der Waals surface area contributed by atoms with Gasteiger partial charge in [-0.25, -0.2) is 14.4 Å². The van der Waals surface area contributed by atoms with E-state index in [0.717, 1.165) is 52.9 Å². The van der Waals surface area contributed by atoms with Crippen LogP contribution in [0.15, 0.2) is 48.5 Å². The first-order valence-electron chi connectivity index (χ1n) is 12.0. The van der Waals surface area contributed by atoms with Crippen LogP contribution in [0.3, 0.4) is 0 Å². The number of hydrogen-bond donors (Lipinski definition) is 0. The summed E-state index contributed by atoms with van der Waals surface area (Å²) in [5.74, 6) is 2.20. The molecule has 182 valence electrons. The van der Waals surface area contributed by atoms with Gasteiger partial charge in [0.15, 0.2) is 0 Å². The van der Waals surface area contributed by atoms with Crippen LogP contribution >= 0.6 is 0 Å². The average molecular weight is 477 g/mol. The van der Waals surface area contributed by atoms with Gasteiger partial charge in [-0.15, -0.1) is 0 Å². The molecule has 7 nitrogen and oxygen atoms in total. The zero-order valence-electron chi connectivity index (χ0n) is 19.9. The minimum Gasteiger partial charge on any atom is -0.497 e. The maximum Gasteiger partial charge on any atom is 0.227 e. The van der Waals surface area contributed by atoms with Crippen molar-refractivity contribution >= 4 is 11.7 Å². The van der Waals surface area contributed by atoms with Crippen LogP contribution in [0.5, 0.6) is 5.75 Å². The molecule has 0 radical (unpaired) electrons. The Kier molecular flexibility index (Phi) is 6.90. The highest BCUT2D eigenvalue weighted by Gasteiger charge is 2.28. The van der Waals surface area contributed by atoms with Gasteiger partial charge in [-0.2, -0.15) is 0 Å². The largest absolute Gasteiger partial charge is 0.497 e. The Morgan fingerprint density at radius 3 is 2.63 bits per heavy atom. The van der Waals surface area contributed by atoms with Gasteiger partial charge < -0.3 is 19.3 Å². The normalized spacial score (nSPS) is 15.6. The summed E-state index contributed by atoms with van der Waals surface area (Å²) in [4.78, 5) is 27.1. The summed E-state index contributed by atoms with van der Waals surface area (Å²) in [6.45, 7) is 3.89. The Labute approximate surface area is 204 Å². The van der Waals surface area contributed by atoms with Crippen LogP contribution in [0.1, 0.15) is 28.2 Å². The number of aromatic nitrogens is 2. The second kappa shape index (κ2) is 10.4. The molecule has 3 aromatic rings. The first kappa shape index (κ1) is 23.2. The molecular weight excluding hydrogens is 447 g/mol. The second-order valence-corrected chi connectivity index (χ2v) is 8.88. The van der Waals surface area contributed by atoms with Gasteiger partial charge in [-0.1, -0.05) is 24.3 Å². The topological polar surface area (TPSA) is 67.8 Å². The van der Waals surface area contributed by atoms with Crippen molar-refractivity contribution < 1.29 is 18.7 Å². The first-order chi connectivity index (χ1) is 17.1. The molecule has 2 aromatic carbocycles. The third-order valence-corrected chi connectivity index (χ3v) is 6.51. The van der Waals surface area contributed by atoms with Gasteiger partial charge >= 0.3 is 0 Å². The van der Waals surface area contributed by atoms with Crippen molar-refractivity contribution in [2.75, 3.05) is 44.9 Å². The first-order valence-corrected chi connectivity index (χ1v) is 12.0. The van der Waals surface area contributed by atoms with Crippen LogP contribution in [0.4, 0.5) is 10.2 Å². The second-order valence-electron chi connectivity index (χ2n) is 8.88. The van der Waals surface area contributed by atoms with Crippen LogP contribution < -0.4 is 9.64 Å². The third kappa shape index (κ3) is 5.43. The molecule has 1 saturated heterocycles. The summed E-state index contributed by atoms with van der Waals surface area (Å²) in [7, 11) is 1.66. The predicted octanol–water partition coefficient (Wildman–Crippen LogP) is 3.18. The number of fused-ring (bicyclic) bond motifs is 1. The smallest absolute Gasteiger partial charge is 0.227 e. The Morgan fingerprint density at radius 2 is 1.86 bits per heavy atom. The van der Waals surface area contributed by atoms with Crippen molar-refractivity contribution in [1.82, 2.24) is 14.9 Å². The number of benzene rings is 2. The summed E-state index contributed by atoms with van der Waals surface area (Å²) in [6.07, 6.45) is 1.53. The van der Waals surface area contributed by atoms with Crippen molar-refractivity contribution in [1.29, 1.82) is 0 Å². The van der Waals surface area contributed by atoms with Gasteiger partial charge in [0.05, 0.1) is 39.0 Å². The predicted molar refractivity (Wildman–Crippen MR) is 130 cm³/mol. The van der Waals surface area contributed by atoms with Gasteiger partial charge in [0.25, 0.3) is 0 Å². The van der Waals surface area contributed by atoms with E-state index >= 15 is 0 Å². The van der Waals surface area contributed by atoms with Gasteiger partial charge in [-0.05, 0) is 35.4 Å². The molecule has 3 heterocycles. The lowest BCUT2D eigenvalue weighted by atomic mass is 10.0. The standard InChI is InChI=1S/C27H29FN4O3/c1-34-22-4-2-3-20(15-22)16-25-29-24-9-10-32(26(33)17-19-5-7-21(28)8-6-19)18-23(24)27(30-25)31-11-13-35-14-12-31/h2-8,15H,9-14,16-18H2,1H3. The number of ether oxygens (including phenoxy) is 2. The average Bonchev–Trinajstić information content (AvgIpc) is 2.90. The van der Waals surface area contributed by atoms with E-state index < -0.39 is 0 Å². The number of amides is 1. The Morgan fingerprint density at radius 1 is 1.06 bits per heavy atom. The number of halogens is 1. The fourth-order valence-corrected chi connectivity index (χ4v) is 4.63. The molecule has 0 N–H and O–H groups in total. The van der Waals surface area contributed by atoms with Crippen molar-refractivity contribution in [3.8, 4) is 5.75 Å². The van der Waals surface area contributed by atoms with Crippen molar-refractivity contribution in [2.45, 2.75) is 25.8 Å². The third-order valence-electron chi connectivity index (χ3n) is 6.51. The minimum atomic E-state index is -0.301. The quantitative estimate of drug-likeness (QED) is 0.545. The Bertz CT molecular complexity index is 1200. The Hall–Kier alpha value is -3.52. The number of nitrogens with zero attached hydrogens (tertiary/aromatic N) is 4. The molecule has 35 heavy (non-hydrogen) atoms. The molecule has 0 bridgehead atoms. The number of rotatable bonds is 6. The van der Waals surface area contributed by atoms with Crippen LogP contribution in [-0.2, 0) is 35.3 Å². The van der Waals surface area contributed by atoms with Crippen molar-refractivity contribution in [2.24, 2.45) is 0 Å². The molecule has 1 aromatic heterocycles. The van der Waals surface area contributed by atoms with E-state index in [1.54, 1.807) is 19.2 Å². The molecule has 1 amide bonds. The van der Waals surface area contributed by atoms with Crippen LogP contribution in [0.25, 0.3) is 0 Å². The minimum absolute atomic E-state index is 0.0237. The summed E-state index contributed by atoms with van der Waals surface area (Å²) in [5.41, 5.74) is 3.91. The van der Waals surface area contributed by atoms with Gasteiger partial charge in [0, 0.05) is 38.0 Å². The van der Waals surface area contributed by atoms with Crippen molar-refractivity contribution in [3.63, 3.8) is 0 Å². The lowest BCUT2D eigenvalue weighted by Gasteiger charge is -2.34. The molecule has 0 aliphatic carbocycles. The van der Waals surface area contributed by atoms with Gasteiger partial charge in [0.1, 0.15) is 23.2 Å². The maximum absolute atomic E-state index is 13.2. The molecule has 0 saturated carbocycles. The molecule has 8 heteroatoms. The van der Waals surface area contributed by atoms with E-state index in [1.165, 1.54) is 12.1 Å². The fourth-order valence-electron chi connectivity index (χ4n) is 4.63. The van der Waals surface area contributed by atoms with E-state index in [1.807, 2.05) is 23.1 Å². The zero-order valence-corrected chi connectivity index (χ0v) is 19.9. The van der Waals surface area contributed by atoms with E-state index in [2.05, 4.69) is 11.0 Å². The number of anilines is 1. The highest BCUT2D eigenvalue weighted by atomic mass is 19.1. The lowest BCUT2D eigenvalue weighted by molar-refractivity contribution is -0.131. The molecule has 0 spiro atoms. The number of methoxy groups -OCH3 is 1. The molecule has 0 unspecified atom stereocenters. The number of morpholine rings is 1. The van der Waals surface area contributed by atoms with E-state index in [-0.39, 0.29) is 18.1 Å². The number of carbonyl (C=O) groups is 1. The lowest BCUT2D eigenvalue weighted by Crippen LogP contribution is -2.41. The van der Waals surface area contributed by atoms with Crippen LogP contribution in [-0.4, -0.2) is 60.7 Å². The summed E-state index contributed by atoms with van der Waals surface area (Å²) in [5, 5.41) is 0. The molecule has 2 aliphatic heterocycles. The van der Waals surface area contributed by atoms with E-state index in [4.69, 9.17) is 19.4 Å². The molecular formula is C27H29FN4O3. The van der Waals surface area contributed by atoms with Gasteiger partial charge in [-0.3, -0.25) is 4.79 Å². The van der Waals surface area contributed by atoms with E-state index in [9.17, 15) is 9.18 Å². The molecule has 5 rings (SSSR count). The van der Waals surface area contributed by atoms with E-state index in [0.29, 0.717) is 39.1 Å². The molecule has 2 aliphatic rings. The SMILES string of the molecule is COc1cccc(Cc2nc3c(c(N4CCOCC4)n2)CN(C(=O)Cc2ccc(F)cc2)CC3)c1. The van der Waals surface area contributed by atoms with Crippen LogP contribution in [0.2, 0.25) is 0 Å². The maximum atomic E-state index is 13.2.